The highest BCUT2D eigenvalue weighted by Gasteiger charge is 2.22. The Hall–Kier alpha value is -0.160. The number of hydrogen-bond donors (Lipinski definition) is 2. The van der Waals surface area contributed by atoms with E-state index in [1.807, 2.05) is 0 Å². The second-order valence-electron chi connectivity index (χ2n) is 6.89. The lowest BCUT2D eigenvalue weighted by Gasteiger charge is -2.29. The van der Waals surface area contributed by atoms with Gasteiger partial charge in [-0.1, -0.05) is 26.2 Å². The first-order valence-electron chi connectivity index (χ1n) is 8.98. The van der Waals surface area contributed by atoms with E-state index in [-0.39, 0.29) is 6.10 Å². The van der Waals surface area contributed by atoms with Gasteiger partial charge in [0, 0.05) is 19.6 Å². The van der Waals surface area contributed by atoms with Crippen LogP contribution < -0.4 is 5.32 Å². The van der Waals surface area contributed by atoms with Crippen LogP contribution in [0.1, 0.15) is 51.9 Å². The topological polar surface area (TPSA) is 44.7 Å². The number of rotatable bonds is 8. The van der Waals surface area contributed by atoms with Gasteiger partial charge in [-0.05, 0) is 44.7 Å². The van der Waals surface area contributed by atoms with Crippen LogP contribution in [0.3, 0.4) is 0 Å². The zero-order valence-corrected chi connectivity index (χ0v) is 13.7. The summed E-state index contributed by atoms with van der Waals surface area (Å²) in [5, 5.41) is 13.4. The van der Waals surface area contributed by atoms with Crippen molar-refractivity contribution in [2.45, 2.75) is 64.1 Å². The van der Waals surface area contributed by atoms with Crippen molar-refractivity contribution in [3.05, 3.63) is 0 Å². The largest absolute Gasteiger partial charge is 0.389 e. The number of aliphatic hydroxyl groups excluding tert-OH is 1. The molecule has 2 aliphatic rings. The third kappa shape index (κ3) is 6.64. The summed E-state index contributed by atoms with van der Waals surface area (Å²) in [7, 11) is 0. The number of likely N-dealkylation sites (tertiary alicyclic amines) is 1. The highest BCUT2D eigenvalue weighted by atomic mass is 16.5. The Morgan fingerprint density at radius 2 is 1.90 bits per heavy atom. The first kappa shape index (κ1) is 17.2. The second kappa shape index (κ2) is 9.78. The molecule has 1 aliphatic carbocycles. The molecule has 0 spiro atoms. The van der Waals surface area contributed by atoms with Crippen LogP contribution in [-0.2, 0) is 4.74 Å². The maximum Gasteiger partial charge on any atom is 0.0897 e. The molecular formula is C17H34N2O2. The Kier molecular flexibility index (Phi) is 8.01. The van der Waals surface area contributed by atoms with Crippen LogP contribution in [0, 0.1) is 5.92 Å². The molecule has 0 radical (unpaired) electrons. The standard InChI is InChI=1S/C17H34N2O2/c1-15-7-3-4-8-17(15)21-14-16(20)13-18-9-12-19-10-5-2-6-11-19/h15-18,20H,2-14H2,1H3. The predicted molar refractivity (Wildman–Crippen MR) is 86.5 cm³/mol. The van der Waals surface area contributed by atoms with E-state index in [9.17, 15) is 5.11 Å². The minimum absolute atomic E-state index is 0.363. The van der Waals surface area contributed by atoms with Crippen LogP contribution in [-0.4, -0.2) is 61.5 Å². The molecule has 4 nitrogen and oxygen atoms in total. The Labute approximate surface area is 130 Å². The summed E-state index contributed by atoms with van der Waals surface area (Å²) < 4.78 is 5.90. The van der Waals surface area contributed by atoms with Crippen LogP contribution in [0.15, 0.2) is 0 Å². The van der Waals surface area contributed by atoms with Gasteiger partial charge in [0.1, 0.15) is 0 Å². The third-order valence-corrected chi connectivity index (χ3v) is 4.97. The van der Waals surface area contributed by atoms with Crippen molar-refractivity contribution >= 4 is 0 Å². The molecule has 124 valence electrons. The highest BCUT2D eigenvalue weighted by Crippen LogP contribution is 2.26. The number of hydrogen-bond acceptors (Lipinski definition) is 4. The van der Waals surface area contributed by atoms with Gasteiger partial charge < -0.3 is 20.1 Å². The van der Waals surface area contributed by atoms with Crippen molar-refractivity contribution in [1.82, 2.24) is 10.2 Å². The molecule has 4 heteroatoms. The van der Waals surface area contributed by atoms with Crippen molar-refractivity contribution in [3.63, 3.8) is 0 Å². The van der Waals surface area contributed by atoms with Gasteiger partial charge in [0.2, 0.25) is 0 Å². The monoisotopic (exact) mass is 298 g/mol. The molecule has 3 unspecified atom stereocenters. The van der Waals surface area contributed by atoms with Crippen LogP contribution >= 0.6 is 0 Å². The molecule has 21 heavy (non-hydrogen) atoms. The smallest absolute Gasteiger partial charge is 0.0897 e. The minimum Gasteiger partial charge on any atom is -0.389 e. The van der Waals surface area contributed by atoms with Crippen molar-refractivity contribution in [1.29, 1.82) is 0 Å². The average Bonchev–Trinajstić information content (AvgIpc) is 2.52. The summed E-state index contributed by atoms with van der Waals surface area (Å²) >= 11 is 0. The average molecular weight is 298 g/mol. The molecule has 1 aliphatic heterocycles. The number of piperidine rings is 1. The molecule has 3 atom stereocenters. The van der Waals surface area contributed by atoms with Crippen LogP contribution in [0.4, 0.5) is 0 Å². The van der Waals surface area contributed by atoms with E-state index >= 15 is 0 Å². The van der Waals surface area contributed by atoms with E-state index in [4.69, 9.17) is 4.74 Å². The molecular weight excluding hydrogens is 264 g/mol. The van der Waals surface area contributed by atoms with Gasteiger partial charge in [-0.2, -0.15) is 0 Å². The van der Waals surface area contributed by atoms with E-state index in [0.29, 0.717) is 25.2 Å². The molecule has 2 N–H and O–H groups in total. The highest BCUT2D eigenvalue weighted by molar-refractivity contribution is 4.73. The molecule has 1 saturated heterocycles. The Balaban J connectivity index is 1.48. The summed E-state index contributed by atoms with van der Waals surface area (Å²) in [6.45, 7) is 7.96. The molecule has 1 heterocycles. The van der Waals surface area contributed by atoms with Crippen molar-refractivity contribution in [2.75, 3.05) is 39.3 Å². The molecule has 0 bridgehead atoms. The summed E-state index contributed by atoms with van der Waals surface area (Å²) in [5.74, 6) is 0.651. The first-order chi connectivity index (χ1) is 10.3. The minimum atomic E-state index is -0.375. The van der Waals surface area contributed by atoms with Gasteiger partial charge in [-0.3, -0.25) is 0 Å². The molecule has 2 rings (SSSR count). The number of nitrogens with one attached hydrogen (secondary N) is 1. The van der Waals surface area contributed by atoms with Crippen LogP contribution in [0.25, 0.3) is 0 Å². The van der Waals surface area contributed by atoms with Gasteiger partial charge in [0.25, 0.3) is 0 Å². The molecule has 0 aromatic carbocycles. The number of nitrogens with zero attached hydrogens (tertiary/aromatic N) is 1. The number of ether oxygens (including phenoxy) is 1. The van der Waals surface area contributed by atoms with Gasteiger partial charge in [0.15, 0.2) is 0 Å². The molecule has 0 aromatic rings. The van der Waals surface area contributed by atoms with Crippen molar-refractivity contribution < 1.29 is 9.84 Å². The molecule has 2 fully saturated rings. The summed E-state index contributed by atoms with van der Waals surface area (Å²) in [5.41, 5.74) is 0. The van der Waals surface area contributed by atoms with E-state index in [1.54, 1.807) is 0 Å². The van der Waals surface area contributed by atoms with Gasteiger partial charge >= 0.3 is 0 Å². The molecule has 0 amide bonds. The quantitative estimate of drug-likeness (QED) is 0.673. The van der Waals surface area contributed by atoms with Crippen molar-refractivity contribution in [2.24, 2.45) is 5.92 Å². The third-order valence-electron chi connectivity index (χ3n) is 4.97. The van der Waals surface area contributed by atoms with Gasteiger partial charge in [0.05, 0.1) is 18.8 Å². The van der Waals surface area contributed by atoms with E-state index in [0.717, 1.165) is 19.5 Å². The van der Waals surface area contributed by atoms with Crippen LogP contribution in [0.2, 0.25) is 0 Å². The van der Waals surface area contributed by atoms with Gasteiger partial charge in [-0.15, -0.1) is 0 Å². The predicted octanol–water partition coefficient (Wildman–Crippen LogP) is 2.02. The molecule has 1 saturated carbocycles. The summed E-state index contributed by atoms with van der Waals surface area (Å²) in [4.78, 5) is 2.52. The maximum absolute atomic E-state index is 10.0. The Morgan fingerprint density at radius 1 is 1.14 bits per heavy atom. The summed E-state index contributed by atoms with van der Waals surface area (Å²) in [6, 6.07) is 0. The molecule has 0 aromatic heterocycles. The first-order valence-corrected chi connectivity index (χ1v) is 8.98. The normalized spacial score (nSPS) is 29.4. The Bertz CT molecular complexity index is 270. The fraction of sp³-hybridized carbons (Fsp3) is 1.00. The van der Waals surface area contributed by atoms with E-state index < -0.39 is 0 Å². The van der Waals surface area contributed by atoms with Crippen LogP contribution in [0.5, 0.6) is 0 Å². The Morgan fingerprint density at radius 3 is 2.67 bits per heavy atom. The lowest BCUT2D eigenvalue weighted by Crippen LogP contribution is -2.39. The van der Waals surface area contributed by atoms with Crippen molar-refractivity contribution in [3.8, 4) is 0 Å². The lowest BCUT2D eigenvalue weighted by atomic mass is 9.88. The maximum atomic E-state index is 10.0. The zero-order chi connectivity index (χ0) is 14.9. The van der Waals surface area contributed by atoms with E-state index in [2.05, 4.69) is 17.1 Å². The SMILES string of the molecule is CC1CCCCC1OCC(O)CNCCN1CCCCC1. The fourth-order valence-electron chi connectivity index (χ4n) is 3.51. The van der Waals surface area contributed by atoms with Gasteiger partial charge in [-0.25, -0.2) is 0 Å². The lowest BCUT2D eigenvalue weighted by molar-refractivity contribution is -0.0451. The summed E-state index contributed by atoms with van der Waals surface area (Å²) in [6.07, 6.45) is 9.11. The van der Waals surface area contributed by atoms with E-state index in [1.165, 1.54) is 51.6 Å². The zero-order valence-electron chi connectivity index (χ0n) is 13.7. The fourth-order valence-corrected chi connectivity index (χ4v) is 3.51. The second-order valence-corrected chi connectivity index (χ2v) is 6.89. The number of aliphatic hydroxyl groups is 1.